The van der Waals surface area contributed by atoms with Gasteiger partial charge in [0.1, 0.15) is 4.88 Å². The minimum Gasteiger partial charge on any atom is -0.465 e. The molecule has 2 heterocycles. The van der Waals surface area contributed by atoms with Gasteiger partial charge in [-0.1, -0.05) is 0 Å². The van der Waals surface area contributed by atoms with E-state index in [1.165, 1.54) is 18.4 Å². The Bertz CT molecular complexity index is 528. The van der Waals surface area contributed by atoms with Crippen molar-refractivity contribution in [2.24, 2.45) is 7.05 Å². The number of hydrogen-bond donors (Lipinski definition) is 0. The Balaban J connectivity index is 2.55. The van der Waals surface area contributed by atoms with Crippen LogP contribution in [0.15, 0.2) is 17.8 Å². The van der Waals surface area contributed by atoms with Crippen molar-refractivity contribution in [3.63, 3.8) is 0 Å². The summed E-state index contributed by atoms with van der Waals surface area (Å²) < 4.78 is 6.48. The first-order valence-corrected chi connectivity index (χ1v) is 5.67. The van der Waals surface area contributed by atoms with Gasteiger partial charge in [-0.25, -0.2) is 4.79 Å². The third-order valence-electron chi connectivity index (χ3n) is 2.34. The van der Waals surface area contributed by atoms with Gasteiger partial charge in [-0.3, -0.25) is 4.68 Å². The van der Waals surface area contributed by atoms with E-state index >= 15 is 0 Å². The molecule has 0 saturated carbocycles. The molecule has 0 bridgehead atoms. The van der Waals surface area contributed by atoms with Crippen molar-refractivity contribution in [2.75, 3.05) is 7.11 Å². The highest BCUT2D eigenvalue weighted by atomic mass is 32.1. The quantitative estimate of drug-likeness (QED) is 0.751. The molecule has 2 aromatic heterocycles. The second-order valence-electron chi connectivity index (χ2n) is 3.52. The zero-order valence-corrected chi connectivity index (χ0v) is 10.2. The van der Waals surface area contributed by atoms with E-state index < -0.39 is 0 Å². The monoisotopic (exact) mass is 236 g/mol. The normalized spacial score (nSPS) is 10.4. The average Bonchev–Trinajstić information content (AvgIpc) is 2.83. The van der Waals surface area contributed by atoms with Crippen LogP contribution in [0.4, 0.5) is 0 Å². The second kappa shape index (κ2) is 4.09. The largest absolute Gasteiger partial charge is 0.465 e. The van der Waals surface area contributed by atoms with Crippen LogP contribution < -0.4 is 0 Å². The number of ether oxygens (including phenoxy) is 1. The Labute approximate surface area is 97.5 Å². The summed E-state index contributed by atoms with van der Waals surface area (Å²) in [5.74, 6) is -0.294. The first-order valence-electron chi connectivity index (χ1n) is 4.79. The summed E-state index contributed by atoms with van der Waals surface area (Å²) in [7, 11) is 3.24. The lowest BCUT2D eigenvalue weighted by Gasteiger charge is -2.00. The minimum absolute atomic E-state index is 0.294. The van der Waals surface area contributed by atoms with Gasteiger partial charge in [0.15, 0.2) is 0 Å². The van der Waals surface area contributed by atoms with Crippen LogP contribution in [0, 0.1) is 6.92 Å². The maximum atomic E-state index is 11.6. The van der Waals surface area contributed by atoms with Crippen molar-refractivity contribution in [1.82, 2.24) is 9.78 Å². The molecule has 0 atom stereocenters. The first-order chi connectivity index (χ1) is 7.63. The molecule has 0 aliphatic rings. The van der Waals surface area contributed by atoms with Gasteiger partial charge in [0.05, 0.1) is 13.3 Å². The molecule has 0 unspecified atom stereocenters. The SMILES string of the molecule is COC(=O)c1scc(C)c1-c1cnn(C)c1. The van der Waals surface area contributed by atoms with Crippen LogP contribution in [0.3, 0.4) is 0 Å². The van der Waals surface area contributed by atoms with Gasteiger partial charge in [-0.2, -0.15) is 5.10 Å². The highest BCUT2D eigenvalue weighted by Crippen LogP contribution is 2.32. The number of nitrogens with zero attached hydrogens (tertiary/aromatic N) is 2. The van der Waals surface area contributed by atoms with Crippen molar-refractivity contribution in [1.29, 1.82) is 0 Å². The zero-order valence-electron chi connectivity index (χ0n) is 9.35. The van der Waals surface area contributed by atoms with E-state index in [0.717, 1.165) is 16.7 Å². The molecule has 0 aliphatic heterocycles. The molecule has 0 radical (unpaired) electrons. The highest BCUT2D eigenvalue weighted by Gasteiger charge is 2.18. The van der Waals surface area contributed by atoms with Gasteiger partial charge in [-0.05, 0) is 17.9 Å². The number of rotatable bonds is 2. The molecule has 0 amide bonds. The Morgan fingerprint density at radius 3 is 2.88 bits per heavy atom. The smallest absolute Gasteiger partial charge is 0.348 e. The first kappa shape index (κ1) is 10.9. The molecular weight excluding hydrogens is 224 g/mol. The molecule has 0 spiro atoms. The summed E-state index contributed by atoms with van der Waals surface area (Å²) in [5.41, 5.74) is 2.94. The van der Waals surface area contributed by atoms with Crippen molar-refractivity contribution in [2.45, 2.75) is 6.92 Å². The van der Waals surface area contributed by atoms with Crippen LogP contribution in [-0.2, 0) is 11.8 Å². The maximum absolute atomic E-state index is 11.6. The van der Waals surface area contributed by atoms with Gasteiger partial charge in [-0.15, -0.1) is 11.3 Å². The molecule has 0 N–H and O–H groups in total. The molecule has 0 saturated heterocycles. The molecule has 0 aromatic carbocycles. The Hall–Kier alpha value is -1.62. The summed E-state index contributed by atoms with van der Waals surface area (Å²) in [5, 5.41) is 6.06. The number of carbonyl (C=O) groups excluding carboxylic acids is 1. The average molecular weight is 236 g/mol. The van der Waals surface area contributed by atoms with Crippen LogP contribution in [0.1, 0.15) is 15.2 Å². The van der Waals surface area contributed by atoms with E-state index in [1.807, 2.05) is 25.5 Å². The predicted octanol–water partition coefficient (Wildman–Crippen LogP) is 2.24. The van der Waals surface area contributed by atoms with E-state index in [4.69, 9.17) is 4.74 Å². The van der Waals surface area contributed by atoms with E-state index in [2.05, 4.69) is 5.10 Å². The third-order valence-corrected chi connectivity index (χ3v) is 3.42. The van der Waals surface area contributed by atoms with Crippen LogP contribution in [-0.4, -0.2) is 22.9 Å². The Morgan fingerprint density at radius 1 is 1.56 bits per heavy atom. The lowest BCUT2D eigenvalue weighted by atomic mass is 10.1. The van der Waals surface area contributed by atoms with E-state index in [1.54, 1.807) is 10.9 Å². The Kier molecular flexibility index (Phi) is 2.78. The van der Waals surface area contributed by atoms with Gasteiger partial charge < -0.3 is 4.74 Å². The number of hydrogen-bond acceptors (Lipinski definition) is 4. The van der Waals surface area contributed by atoms with Gasteiger partial charge >= 0.3 is 5.97 Å². The van der Waals surface area contributed by atoms with Crippen LogP contribution in [0.2, 0.25) is 0 Å². The standard InChI is InChI=1S/C11H12N2O2S/c1-7-6-16-10(11(14)15-3)9(7)8-4-12-13(2)5-8/h4-6H,1-3H3. The van der Waals surface area contributed by atoms with Gasteiger partial charge in [0, 0.05) is 24.4 Å². The molecular formula is C11H12N2O2S. The van der Waals surface area contributed by atoms with Crippen molar-refractivity contribution in [3.05, 3.63) is 28.2 Å². The summed E-state index contributed by atoms with van der Waals surface area (Å²) >= 11 is 1.40. The van der Waals surface area contributed by atoms with E-state index in [-0.39, 0.29) is 5.97 Å². The number of carbonyl (C=O) groups is 1. The highest BCUT2D eigenvalue weighted by molar-refractivity contribution is 7.12. The van der Waals surface area contributed by atoms with Crippen LogP contribution >= 0.6 is 11.3 Å². The number of esters is 1. The summed E-state index contributed by atoms with van der Waals surface area (Å²) in [4.78, 5) is 12.2. The van der Waals surface area contributed by atoms with Crippen LogP contribution in [0.5, 0.6) is 0 Å². The fourth-order valence-corrected chi connectivity index (χ4v) is 2.58. The van der Waals surface area contributed by atoms with E-state index in [9.17, 15) is 4.79 Å². The Morgan fingerprint density at radius 2 is 2.31 bits per heavy atom. The van der Waals surface area contributed by atoms with Gasteiger partial charge in [0.25, 0.3) is 0 Å². The number of aromatic nitrogens is 2. The molecule has 0 aliphatic carbocycles. The van der Waals surface area contributed by atoms with Crippen molar-refractivity contribution >= 4 is 17.3 Å². The molecule has 2 rings (SSSR count). The molecule has 84 valence electrons. The summed E-state index contributed by atoms with van der Waals surface area (Å²) in [6.45, 7) is 1.98. The molecule has 16 heavy (non-hydrogen) atoms. The maximum Gasteiger partial charge on any atom is 0.348 e. The lowest BCUT2D eigenvalue weighted by molar-refractivity contribution is 0.0607. The molecule has 2 aromatic rings. The second-order valence-corrected chi connectivity index (χ2v) is 4.40. The summed E-state index contributed by atoms with van der Waals surface area (Å²) in [6.07, 6.45) is 3.64. The topological polar surface area (TPSA) is 44.1 Å². The summed E-state index contributed by atoms with van der Waals surface area (Å²) in [6, 6.07) is 0. The number of aryl methyl sites for hydroxylation is 2. The third kappa shape index (κ3) is 1.74. The van der Waals surface area contributed by atoms with E-state index in [0.29, 0.717) is 4.88 Å². The molecule has 5 heteroatoms. The minimum atomic E-state index is -0.294. The van der Waals surface area contributed by atoms with Crippen molar-refractivity contribution < 1.29 is 9.53 Å². The number of methoxy groups -OCH3 is 1. The predicted molar refractivity (Wildman–Crippen MR) is 62.6 cm³/mol. The van der Waals surface area contributed by atoms with Gasteiger partial charge in [0.2, 0.25) is 0 Å². The zero-order chi connectivity index (χ0) is 11.7. The number of thiophene rings is 1. The molecule has 0 fully saturated rings. The van der Waals surface area contributed by atoms with Crippen LogP contribution in [0.25, 0.3) is 11.1 Å². The fraction of sp³-hybridized carbons (Fsp3) is 0.273. The van der Waals surface area contributed by atoms with Crippen molar-refractivity contribution in [3.8, 4) is 11.1 Å². The fourth-order valence-electron chi connectivity index (χ4n) is 1.60. The molecule has 4 nitrogen and oxygen atoms in total. The lowest BCUT2D eigenvalue weighted by Crippen LogP contribution is -2.00.